The number of benzene rings is 1. The third kappa shape index (κ3) is 3.00. The second-order valence-electron chi connectivity index (χ2n) is 6.35. The fraction of sp³-hybridized carbons (Fsp3) is 0.467. The summed E-state index contributed by atoms with van der Waals surface area (Å²) in [5, 5.41) is 5.53. The van der Waals surface area contributed by atoms with Crippen LogP contribution >= 0.6 is 0 Å². The van der Waals surface area contributed by atoms with E-state index in [9.17, 15) is 9.59 Å². The first-order valence-corrected chi connectivity index (χ1v) is 6.78. The van der Waals surface area contributed by atoms with Crippen molar-refractivity contribution in [2.24, 2.45) is 11.1 Å². The monoisotopic (exact) mass is 291 g/mol. The van der Waals surface area contributed by atoms with Crippen molar-refractivity contribution in [3.63, 3.8) is 0 Å². The molecule has 114 valence electrons. The van der Waals surface area contributed by atoms with Crippen molar-refractivity contribution in [3.8, 4) is 5.75 Å². The fourth-order valence-electron chi connectivity index (χ4n) is 1.74. The van der Waals surface area contributed by atoms with Crippen LogP contribution in [0.15, 0.2) is 18.2 Å². The summed E-state index contributed by atoms with van der Waals surface area (Å²) in [6, 6.07) is 5.11. The van der Waals surface area contributed by atoms with Gasteiger partial charge in [-0.1, -0.05) is 0 Å². The van der Waals surface area contributed by atoms with Crippen molar-refractivity contribution in [2.45, 2.75) is 33.2 Å². The molecule has 1 aliphatic rings. The predicted molar refractivity (Wildman–Crippen MR) is 81.2 cm³/mol. The number of carbonyl (C=O) groups is 2. The van der Waals surface area contributed by atoms with Crippen molar-refractivity contribution in [3.05, 3.63) is 18.2 Å². The van der Waals surface area contributed by atoms with Gasteiger partial charge in [0, 0.05) is 11.2 Å². The molecule has 0 aliphatic carbocycles. The van der Waals surface area contributed by atoms with Gasteiger partial charge in [0.15, 0.2) is 6.61 Å². The molecular weight excluding hydrogens is 270 g/mol. The number of ether oxygens (including phenoxy) is 1. The van der Waals surface area contributed by atoms with Crippen LogP contribution in [0.25, 0.3) is 0 Å². The van der Waals surface area contributed by atoms with Gasteiger partial charge in [0.2, 0.25) is 5.91 Å². The zero-order chi connectivity index (χ0) is 15.8. The third-order valence-electron chi connectivity index (χ3n) is 4.05. The average Bonchev–Trinajstić information content (AvgIpc) is 2.36. The van der Waals surface area contributed by atoms with Crippen LogP contribution in [0.2, 0.25) is 0 Å². The Hall–Kier alpha value is -2.08. The number of rotatable bonds is 3. The summed E-state index contributed by atoms with van der Waals surface area (Å²) >= 11 is 0. The van der Waals surface area contributed by atoms with Crippen molar-refractivity contribution < 1.29 is 14.3 Å². The quantitative estimate of drug-likeness (QED) is 0.790. The summed E-state index contributed by atoms with van der Waals surface area (Å²) < 4.78 is 5.27. The second kappa shape index (κ2) is 5.04. The summed E-state index contributed by atoms with van der Waals surface area (Å²) in [6.07, 6.45) is 0. The van der Waals surface area contributed by atoms with E-state index < -0.39 is 11.0 Å². The lowest BCUT2D eigenvalue weighted by atomic mass is 9.74. The van der Waals surface area contributed by atoms with E-state index in [1.54, 1.807) is 32.0 Å². The lowest BCUT2D eigenvalue weighted by Crippen LogP contribution is -2.53. The molecule has 0 saturated heterocycles. The van der Waals surface area contributed by atoms with Gasteiger partial charge in [-0.05, 0) is 45.9 Å². The average molecular weight is 291 g/mol. The SMILES string of the molecule is CC(C)(N)C(C)(C)C(=O)Nc1ccc2c(c1)NC(=O)CO2. The summed E-state index contributed by atoms with van der Waals surface area (Å²) in [7, 11) is 0. The summed E-state index contributed by atoms with van der Waals surface area (Å²) in [4.78, 5) is 23.7. The Morgan fingerprint density at radius 1 is 1.33 bits per heavy atom. The van der Waals surface area contributed by atoms with Gasteiger partial charge in [-0.15, -0.1) is 0 Å². The number of amides is 2. The van der Waals surface area contributed by atoms with E-state index in [1.807, 2.05) is 13.8 Å². The summed E-state index contributed by atoms with van der Waals surface area (Å²) in [5.74, 6) is 0.193. The van der Waals surface area contributed by atoms with Crippen LogP contribution in [0, 0.1) is 5.41 Å². The molecular formula is C15H21N3O3. The van der Waals surface area contributed by atoms with E-state index in [4.69, 9.17) is 10.5 Å². The Labute approximate surface area is 124 Å². The van der Waals surface area contributed by atoms with Gasteiger partial charge in [-0.3, -0.25) is 9.59 Å². The van der Waals surface area contributed by atoms with E-state index in [1.165, 1.54) is 0 Å². The van der Waals surface area contributed by atoms with Crippen molar-refractivity contribution in [2.75, 3.05) is 17.2 Å². The van der Waals surface area contributed by atoms with Crippen LogP contribution in [0.5, 0.6) is 5.75 Å². The topological polar surface area (TPSA) is 93.5 Å². The Morgan fingerprint density at radius 3 is 2.62 bits per heavy atom. The lowest BCUT2D eigenvalue weighted by Gasteiger charge is -2.36. The highest BCUT2D eigenvalue weighted by atomic mass is 16.5. The zero-order valence-electron chi connectivity index (χ0n) is 12.7. The minimum Gasteiger partial charge on any atom is -0.482 e. The van der Waals surface area contributed by atoms with Crippen LogP contribution in [0.1, 0.15) is 27.7 Å². The normalized spacial score (nSPS) is 14.8. The van der Waals surface area contributed by atoms with Crippen LogP contribution in [0.4, 0.5) is 11.4 Å². The molecule has 0 bridgehead atoms. The summed E-state index contributed by atoms with van der Waals surface area (Å²) in [5.41, 5.74) is 5.78. The molecule has 6 nitrogen and oxygen atoms in total. The molecule has 0 fully saturated rings. The standard InChI is InChI=1S/C15H21N3O3/c1-14(2,15(3,4)16)13(20)17-9-5-6-11-10(7-9)18-12(19)8-21-11/h5-7H,8,16H2,1-4H3,(H,17,20)(H,18,19). The van der Waals surface area contributed by atoms with E-state index in [-0.39, 0.29) is 18.4 Å². The molecule has 21 heavy (non-hydrogen) atoms. The fourth-order valence-corrected chi connectivity index (χ4v) is 1.74. The number of carbonyl (C=O) groups excluding carboxylic acids is 2. The Balaban J connectivity index is 2.19. The molecule has 2 rings (SSSR count). The van der Waals surface area contributed by atoms with E-state index in [2.05, 4.69) is 10.6 Å². The Bertz CT molecular complexity index is 588. The van der Waals surface area contributed by atoms with Crippen molar-refractivity contribution in [1.82, 2.24) is 0 Å². The third-order valence-corrected chi connectivity index (χ3v) is 4.05. The number of nitrogens with two attached hydrogens (primary N) is 1. The maximum Gasteiger partial charge on any atom is 0.262 e. The summed E-state index contributed by atoms with van der Waals surface area (Å²) in [6.45, 7) is 7.23. The van der Waals surface area contributed by atoms with E-state index in [0.29, 0.717) is 17.1 Å². The highest BCUT2D eigenvalue weighted by Gasteiger charge is 2.40. The molecule has 0 radical (unpaired) electrons. The Kier molecular flexibility index (Phi) is 3.67. The van der Waals surface area contributed by atoms with Crippen molar-refractivity contribution >= 4 is 23.2 Å². The van der Waals surface area contributed by atoms with Gasteiger partial charge < -0.3 is 21.1 Å². The van der Waals surface area contributed by atoms with Crippen LogP contribution in [-0.2, 0) is 9.59 Å². The van der Waals surface area contributed by atoms with Gasteiger partial charge in [0.25, 0.3) is 5.91 Å². The largest absolute Gasteiger partial charge is 0.482 e. The molecule has 0 saturated carbocycles. The zero-order valence-corrected chi connectivity index (χ0v) is 12.7. The molecule has 4 N–H and O–H groups in total. The first-order chi connectivity index (χ1) is 9.61. The number of hydrogen-bond donors (Lipinski definition) is 3. The molecule has 2 amide bonds. The van der Waals surface area contributed by atoms with Crippen LogP contribution in [-0.4, -0.2) is 24.0 Å². The lowest BCUT2D eigenvalue weighted by molar-refractivity contribution is -0.126. The van der Waals surface area contributed by atoms with Gasteiger partial charge in [0.1, 0.15) is 5.75 Å². The number of hydrogen-bond acceptors (Lipinski definition) is 4. The predicted octanol–water partition coefficient (Wildman–Crippen LogP) is 1.72. The van der Waals surface area contributed by atoms with Gasteiger partial charge >= 0.3 is 0 Å². The van der Waals surface area contributed by atoms with Gasteiger partial charge in [-0.2, -0.15) is 0 Å². The van der Waals surface area contributed by atoms with E-state index in [0.717, 1.165) is 0 Å². The first kappa shape index (κ1) is 15.3. The van der Waals surface area contributed by atoms with E-state index >= 15 is 0 Å². The van der Waals surface area contributed by atoms with Gasteiger partial charge in [0.05, 0.1) is 11.1 Å². The minimum absolute atomic E-state index is 0.00704. The number of anilines is 2. The highest BCUT2D eigenvalue weighted by Crippen LogP contribution is 2.33. The number of nitrogens with one attached hydrogen (secondary N) is 2. The molecule has 0 spiro atoms. The van der Waals surface area contributed by atoms with Gasteiger partial charge in [-0.25, -0.2) is 0 Å². The smallest absolute Gasteiger partial charge is 0.262 e. The van der Waals surface area contributed by atoms with Crippen LogP contribution in [0.3, 0.4) is 0 Å². The molecule has 1 heterocycles. The Morgan fingerprint density at radius 2 is 2.00 bits per heavy atom. The first-order valence-electron chi connectivity index (χ1n) is 6.78. The van der Waals surface area contributed by atoms with Crippen LogP contribution < -0.4 is 21.1 Å². The second-order valence-corrected chi connectivity index (χ2v) is 6.35. The molecule has 6 heteroatoms. The molecule has 0 unspecified atom stereocenters. The van der Waals surface area contributed by atoms with Crippen molar-refractivity contribution in [1.29, 1.82) is 0 Å². The molecule has 1 aliphatic heterocycles. The molecule has 1 aromatic rings. The minimum atomic E-state index is -0.747. The molecule has 0 atom stereocenters. The maximum absolute atomic E-state index is 12.4. The maximum atomic E-state index is 12.4. The molecule has 1 aromatic carbocycles. The molecule has 0 aromatic heterocycles. The number of fused-ring (bicyclic) bond motifs is 1. The highest BCUT2D eigenvalue weighted by molar-refractivity contribution is 5.99.